The SMILES string of the molecule is COC(=O)c1cnn2c1NC1=C(C(=O)CCC1)[C@@H]2c1ccccc1Cl. The van der Waals surface area contributed by atoms with Crippen molar-refractivity contribution in [1.29, 1.82) is 0 Å². The number of ether oxygens (including phenoxy) is 1. The van der Waals surface area contributed by atoms with E-state index in [1.165, 1.54) is 13.3 Å². The minimum absolute atomic E-state index is 0.0828. The fourth-order valence-corrected chi connectivity index (χ4v) is 3.74. The second-order valence-electron chi connectivity index (χ2n) is 6.06. The van der Waals surface area contributed by atoms with Gasteiger partial charge in [0.25, 0.3) is 0 Å². The number of hydrogen-bond donors (Lipinski definition) is 1. The van der Waals surface area contributed by atoms with Crippen LogP contribution >= 0.6 is 11.6 Å². The van der Waals surface area contributed by atoms with E-state index < -0.39 is 12.0 Å². The molecule has 7 heteroatoms. The molecule has 6 nitrogen and oxygen atoms in total. The largest absolute Gasteiger partial charge is 0.465 e. The average molecular weight is 358 g/mol. The molecule has 0 amide bonds. The molecule has 128 valence electrons. The molecule has 1 atom stereocenters. The van der Waals surface area contributed by atoms with Gasteiger partial charge in [-0.05, 0) is 24.5 Å². The Hall–Kier alpha value is -2.60. The van der Waals surface area contributed by atoms with Crippen LogP contribution in [0, 0.1) is 0 Å². The van der Waals surface area contributed by atoms with Crippen molar-refractivity contribution in [3.05, 3.63) is 57.9 Å². The Morgan fingerprint density at radius 3 is 2.92 bits per heavy atom. The van der Waals surface area contributed by atoms with Gasteiger partial charge < -0.3 is 10.1 Å². The highest BCUT2D eigenvalue weighted by Gasteiger charge is 2.38. The zero-order valence-corrected chi connectivity index (χ0v) is 14.3. The molecule has 4 rings (SSSR count). The van der Waals surface area contributed by atoms with Gasteiger partial charge in [0.05, 0.1) is 13.3 Å². The summed E-state index contributed by atoms with van der Waals surface area (Å²) in [6, 6.07) is 6.94. The number of aromatic nitrogens is 2. The molecule has 1 aliphatic carbocycles. The quantitative estimate of drug-likeness (QED) is 0.834. The van der Waals surface area contributed by atoms with Gasteiger partial charge in [-0.15, -0.1) is 0 Å². The molecule has 2 heterocycles. The summed E-state index contributed by atoms with van der Waals surface area (Å²) in [6.07, 6.45) is 3.48. The number of fused-ring (bicyclic) bond motifs is 1. The molecule has 0 spiro atoms. The minimum atomic E-state index is -0.474. The van der Waals surface area contributed by atoms with E-state index in [2.05, 4.69) is 10.4 Å². The average Bonchev–Trinajstić information content (AvgIpc) is 3.04. The van der Waals surface area contributed by atoms with E-state index in [4.69, 9.17) is 16.3 Å². The van der Waals surface area contributed by atoms with Crippen LogP contribution in [0.5, 0.6) is 0 Å². The molecule has 2 aliphatic rings. The molecule has 0 unspecified atom stereocenters. The van der Waals surface area contributed by atoms with Crippen LogP contribution in [0.4, 0.5) is 5.82 Å². The number of carbonyl (C=O) groups is 2. The number of methoxy groups -OCH3 is 1. The summed E-state index contributed by atoms with van der Waals surface area (Å²) in [7, 11) is 1.33. The lowest BCUT2D eigenvalue weighted by molar-refractivity contribution is -0.116. The number of esters is 1. The molecule has 1 N–H and O–H groups in total. The van der Waals surface area contributed by atoms with Crippen LogP contribution in [-0.4, -0.2) is 28.6 Å². The molecular formula is C18H16ClN3O3. The summed E-state index contributed by atoms with van der Waals surface area (Å²) < 4.78 is 6.49. The van der Waals surface area contributed by atoms with Gasteiger partial charge in [0.1, 0.15) is 17.4 Å². The maximum absolute atomic E-state index is 12.7. The van der Waals surface area contributed by atoms with E-state index >= 15 is 0 Å². The van der Waals surface area contributed by atoms with Crippen LogP contribution in [0.15, 0.2) is 41.7 Å². The summed E-state index contributed by atoms with van der Waals surface area (Å²) in [5.74, 6) is 0.141. The van der Waals surface area contributed by atoms with Crippen LogP contribution in [0.3, 0.4) is 0 Å². The van der Waals surface area contributed by atoms with Gasteiger partial charge in [-0.25, -0.2) is 9.48 Å². The van der Waals surface area contributed by atoms with Crippen LogP contribution in [-0.2, 0) is 9.53 Å². The zero-order chi connectivity index (χ0) is 17.6. The first-order valence-electron chi connectivity index (χ1n) is 8.05. The molecule has 0 saturated heterocycles. The van der Waals surface area contributed by atoms with Crippen molar-refractivity contribution >= 4 is 29.2 Å². The summed E-state index contributed by atoms with van der Waals surface area (Å²) in [4.78, 5) is 24.7. The maximum atomic E-state index is 12.7. The third kappa shape index (κ3) is 2.44. The Morgan fingerprint density at radius 1 is 1.36 bits per heavy atom. The Bertz CT molecular complexity index is 916. The molecule has 2 aromatic rings. The lowest BCUT2D eigenvalue weighted by Crippen LogP contribution is -2.32. The topological polar surface area (TPSA) is 73.2 Å². The summed E-state index contributed by atoms with van der Waals surface area (Å²) in [5.41, 5.74) is 2.63. The molecule has 25 heavy (non-hydrogen) atoms. The number of Topliss-reactive ketones (excluding diaryl/α,β-unsaturated/α-hetero) is 1. The predicted octanol–water partition coefficient (Wildman–Crippen LogP) is 3.35. The number of halogens is 1. The first-order valence-corrected chi connectivity index (χ1v) is 8.43. The predicted molar refractivity (Wildman–Crippen MR) is 92.7 cm³/mol. The van der Waals surface area contributed by atoms with E-state index in [1.807, 2.05) is 18.2 Å². The van der Waals surface area contributed by atoms with Crippen molar-refractivity contribution in [1.82, 2.24) is 9.78 Å². The molecule has 0 radical (unpaired) electrons. The lowest BCUT2D eigenvalue weighted by Gasteiger charge is -2.33. The number of rotatable bonds is 2. The Balaban J connectivity index is 1.95. The van der Waals surface area contributed by atoms with Crippen molar-refractivity contribution in [2.24, 2.45) is 0 Å². The number of nitrogens with zero attached hydrogens (tertiary/aromatic N) is 2. The van der Waals surface area contributed by atoms with Crippen LogP contribution in [0.1, 0.15) is 41.2 Å². The molecule has 0 fully saturated rings. The van der Waals surface area contributed by atoms with Gasteiger partial charge in [-0.3, -0.25) is 4.79 Å². The van der Waals surface area contributed by atoms with Crippen molar-refractivity contribution in [2.75, 3.05) is 12.4 Å². The second kappa shape index (κ2) is 6.04. The van der Waals surface area contributed by atoms with Crippen LogP contribution < -0.4 is 5.32 Å². The first-order chi connectivity index (χ1) is 12.1. The monoisotopic (exact) mass is 357 g/mol. The number of nitrogens with one attached hydrogen (secondary N) is 1. The first kappa shape index (κ1) is 15.9. The number of allylic oxidation sites excluding steroid dienone is 2. The molecule has 1 aromatic carbocycles. The van der Waals surface area contributed by atoms with Crippen molar-refractivity contribution < 1.29 is 14.3 Å². The highest BCUT2D eigenvalue weighted by Crippen LogP contribution is 2.43. The third-order valence-electron chi connectivity index (χ3n) is 4.64. The Labute approximate surface area is 149 Å². The number of benzene rings is 1. The molecular weight excluding hydrogens is 342 g/mol. The fraction of sp³-hybridized carbons (Fsp3) is 0.278. The number of anilines is 1. The van der Waals surface area contributed by atoms with Gasteiger partial charge in [-0.1, -0.05) is 29.8 Å². The zero-order valence-electron chi connectivity index (χ0n) is 13.6. The Kier molecular flexibility index (Phi) is 3.84. The van der Waals surface area contributed by atoms with E-state index in [9.17, 15) is 9.59 Å². The lowest BCUT2D eigenvalue weighted by atomic mass is 9.85. The molecule has 1 aromatic heterocycles. The minimum Gasteiger partial charge on any atom is -0.465 e. The maximum Gasteiger partial charge on any atom is 0.343 e. The normalized spacial score (nSPS) is 19.1. The highest BCUT2D eigenvalue weighted by molar-refractivity contribution is 6.31. The summed E-state index contributed by atoms with van der Waals surface area (Å²) >= 11 is 6.41. The van der Waals surface area contributed by atoms with Crippen molar-refractivity contribution in [2.45, 2.75) is 25.3 Å². The Morgan fingerprint density at radius 2 is 2.16 bits per heavy atom. The van der Waals surface area contributed by atoms with Crippen LogP contribution in [0.2, 0.25) is 5.02 Å². The summed E-state index contributed by atoms with van der Waals surface area (Å²) in [5, 5.41) is 8.14. The third-order valence-corrected chi connectivity index (χ3v) is 4.99. The van der Waals surface area contributed by atoms with Gasteiger partial charge in [0, 0.05) is 22.7 Å². The van der Waals surface area contributed by atoms with Crippen LogP contribution in [0.25, 0.3) is 0 Å². The number of ketones is 1. The van der Waals surface area contributed by atoms with Crippen molar-refractivity contribution in [3.8, 4) is 0 Å². The standard InChI is InChI=1S/C18H16ClN3O3/c1-25-18(24)11-9-20-22-16(10-5-2-3-6-12(10)19)15-13(21-17(11)22)7-4-8-14(15)23/h2-3,5-6,9,16,21H,4,7-8H2,1H3/t16-/m0/s1. The second-order valence-corrected chi connectivity index (χ2v) is 6.47. The number of carbonyl (C=O) groups excluding carboxylic acids is 2. The van der Waals surface area contributed by atoms with Crippen molar-refractivity contribution in [3.63, 3.8) is 0 Å². The smallest absolute Gasteiger partial charge is 0.343 e. The fourth-order valence-electron chi connectivity index (χ4n) is 3.50. The molecule has 1 aliphatic heterocycles. The van der Waals surface area contributed by atoms with E-state index in [1.54, 1.807) is 10.7 Å². The molecule has 0 bridgehead atoms. The van der Waals surface area contributed by atoms with E-state index in [-0.39, 0.29) is 5.78 Å². The van der Waals surface area contributed by atoms with Gasteiger partial charge in [0.15, 0.2) is 5.78 Å². The highest BCUT2D eigenvalue weighted by atomic mass is 35.5. The van der Waals surface area contributed by atoms with E-state index in [0.29, 0.717) is 28.4 Å². The molecule has 0 saturated carbocycles. The van der Waals surface area contributed by atoms with Gasteiger partial charge >= 0.3 is 5.97 Å². The van der Waals surface area contributed by atoms with Gasteiger partial charge in [-0.2, -0.15) is 5.10 Å². The van der Waals surface area contributed by atoms with Gasteiger partial charge in [0.2, 0.25) is 0 Å². The number of hydrogen-bond acceptors (Lipinski definition) is 5. The summed E-state index contributed by atoms with van der Waals surface area (Å²) in [6.45, 7) is 0. The van der Waals surface area contributed by atoms with E-state index in [0.717, 1.165) is 24.1 Å².